The van der Waals surface area contributed by atoms with Crippen LogP contribution in [0.3, 0.4) is 0 Å². The van der Waals surface area contributed by atoms with Gasteiger partial charge in [-0.3, -0.25) is 0 Å². The summed E-state index contributed by atoms with van der Waals surface area (Å²) in [5.74, 6) is 2.49. The summed E-state index contributed by atoms with van der Waals surface area (Å²) in [6, 6.07) is 10.1. The van der Waals surface area contributed by atoms with Gasteiger partial charge in [-0.2, -0.15) is 0 Å². The lowest BCUT2D eigenvalue weighted by Gasteiger charge is -2.13. The minimum atomic E-state index is -0.389. The molecule has 14 heavy (non-hydrogen) atoms. The first-order valence-corrected chi connectivity index (χ1v) is 4.92. The van der Waals surface area contributed by atoms with Crippen molar-refractivity contribution in [3.8, 4) is 12.3 Å². The van der Waals surface area contributed by atoms with Crippen LogP contribution < -0.4 is 0 Å². The fourth-order valence-electron chi connectivity index (χ4n) is 1.32. The van der Waals surface area contributed by atoms with Crippen LogP contribution in [0.15, 0.2) is 30.3 Å². The normalized spacial score (nSPS) is 14.4. The Morgan fingerprint density at radius 3 is 2.57 bits per heavy atom. The maximum absolute atomic E-state index is 9.64. The van der Waals surface area contributed by atoms with Gasteiger partial charge in [-0.25, -0.2) is 0 Å². The van der Waals surface area contributed by atoms with Gasteiger partial charge >= 0.3 is 0 Å². The Labute approximate surface area is 85.8 Å². The Morgan fingerprint density at radius 1 is 1.36 bits per heavy atom. The van der Waals surface area contributed by atoms with Crippen molar-refractivity contribution in [2.45, 2.75) is 25.9 Å². The van der Waals surface area contributed by atoms with Crippen molar-refractivity contribution in [2.24, 2.45) is 5.92 Å². The van der Waals surface area contributed by atoms with Crippen LogP contribution in [-0.4, -0.2) is 11.2 Å². The maximum Gasteiger partial charge on any atom is 0.0678 e. The third-order valence-electron chi connectivity index (χ3n) is 2.41. The Balaban J connectivity index is 2.39. The van der Waals surface area contributed by atoms with Gasteiger partial charge in [0.05, 0.1) is 6.10 Å². The zero-order valence-corrected chi connectivity index (χ0v) is 8.48. The van der Waals surface area contributed by atoms with Gasteiger partial charge in [0.2, 0.25) is 0 Å². The molecule has 0 aliphatic rings. The average Bonchev–Trinajstić information content (AvgIpc) is 2.26. The van der Waals surface area contributed by atoms with Crippen molar-refractivity contribution in [1.29, 1.82) is 0 Å². The first-order chi connectivity index (χ1) is 6.74. The topological polar surface area (TPSA) is 20.2 Å². The first kappa shape index (κ1) is 10.8. The predicted molar refractivity (Wildman–Crippen MR) is 58.8 cm³/mol. The van der Waals surface area contributed by atoms with E-state index in [1.807, 2.05) is 25.1 Å². The van der Waals surface area contributed by atoms with E-state index in [-0.39, 0.29) is 12.0 Å². The molecule has 1 nitrogen and oxygen atoms in total. The van der Waals surface area contributed by atoms with E-state index in [1.165, 1.54) is 5.56 Å². The molecular weight excluding hydrogens is 172 g/mol. The molecule has 0 bridgehead atoms. The summed E-state index contributed by atoms with van der Waals surface area (Å²) in [5, 5.41) is 9.64. The zero-order chi connectivity index (χ0) is 10.4. The molecule has 1 aromatic rings. The van der Waals surface area contributed by atoms with E-state index in [9.17, 15) is 5.11 Å². The van der Waals surface area contributed by atoms with Crippen LogP contribution in [0.25, 0.3) is 0 Å². The molecular formula is C13H16O. The van der Waals surface area contributed by atoms with E-state index in [0.29, 0.717) is 0 Å². The quantitative estimate of drug-likeness (QED) is 0.718. The third kappa shape index (κ3) is 3.24. The van der Waals surface area contributed by atoms with Crippen LogP contribution in [-0.2, 0) is 6.42 Å². The molecule has 1 rings (SSSR count). The zero-order valence-electron chi connectivity index (χ0n) is 8.48. The molecule has 0 heterocycles. The van der Waals surface area contributed by atoms with Crippen molar-refractivity contribution in [3.05, 3.63) is 35.9 Å². The summed E-state index contributed by atoms with van der Waals surface area (Å²) >= 11 is 0. The van der Waals surface area contributed by atoms with Gasteiger partial charge in [-0.15, -0.1) is 12.3 Å². The van der Waals surface area contributed by atoms with Crippen LogP contribution in [0.5, 0.6) is 0 Å². The molecule has 0 fully saturated rings. The van der Waals surface area contributed by atoms with Gasteiger partial charge in [0, 0.05) is 5.92 Å². The van der Waals surface area contributed by atoms with Crippen LogP contribution in [0.1, 0.15) is 18.9 Å². The molecule has 0 saturated carbocycles. The summed E-state index contributed by atoms with van der Waals surface area (Å²) < 4.78 is 0. The van der Waals surface area contributed by atoms with E-state index >= 15 is 0 Å². The minimum absolute atomic E-state index is 0.0567. The second-order valence-electron chi connectivity index (χ2n) is 3.55. The van der Waals surface area contributed by atoms with Crippen molar-refractivity contribution < 1.29 is 5.11 Å². The van der Waals surface area contributed by atoms with Gasteiger partial charge in [0.25, 0.3) is 0 Å². The Bertz CT molecular complexity index is 297. The molecule has 0 aliphatic heterocycles. The van der Waals surface area contributed by atoms with E-state index in [4.69, 9.17) is 6.42 Å². The number of aryl methyl sites for hydroxylation is 1. The Morgan fingerprint density at radius 2 is 2.00 bits per heavy atom. The van der Waals surface area contributed by atoms with Gasteiger partial charge in [0.1, 0.15) is 0 Å². The Kier molecular flexibility index (Phi) is 4.22. The highest BCUT2D eigenvalue weighted by atomic mass is 16.3. The van der Waals surface area contributed by atoms with Gasteiger partial charge in [0.15, 0.2) is 0 Å². The molecule has 0 amide bonds. The van der Waals surface area contributed by atoms with Gasteiger partial charge in [-0.05, 0) is 25.3 Å². The monoisotopic (exact) mass is 188 g/mol. The molecule has 1 aromatic carbocycles. The number of hydrogen-bond acceptors (Lipinski definition) is 1. The highest BCUT2D eigenvalue weighted by molar-refractivity contribution is 5.14. The van der Waals surface area contributed by atoms with Crippen LogP contribution in [0.2, 0.25) is 0 Å². The van der Waals surface area contributed by atoms with Crippen LogP contribution in [0.4, 0.5) is 0 Å². The van der Waals surface area contributed by atoms with Crippen LogP contribution in [0, 0.1) is 18.3 Å². The smallest absolute Gasteiger partial charge is 0.0678 e. The number of benzene rings is 1. The highest BCUT2D eigenvalue weighted by Crippen LogP contribution is 2.10. The molecule has 74 valence electrons. The van der Waals surface area contributed by atoms with E-state index in [1.54, 1.807) is 0 Å². The first-order valence-electron chi connectivity index (χ1n) is 4.92. The third-order valence-corrected chi connectivity index (χ3v) is 2.41. The van der Waals surface area contributed by atoms with E-state index in [2.05, 4.69) is 18.1 Å². The fourth-order valence-corrected chi connectivity index (χ4v) is 1.32. The average molecular weight is 188 g/mol. The van der Waals surface area contributed by atoms with Crippen molar-refractivity contribution in [3.63, 3.8) is 0 Å². The molecule has 1 heteroatoms. The number of rotatable bonds is 4. The van der Waals surface area contributed by atoms with E-state index < -0.39 is 0 Å². The van der Waals surface area contributed by atoms with Crippen LogP contribution >= 0.6 is 0 Å². The number of terminal acetylenes is 1. The lowest BCUT2D eigenvalue weighted by molar-refractivity contribution is 0.132. The summed E-state index contributed by atoms with van der Waals surface area (Å²) in [5.41, 5.74) is 1.25. The summed E-state index contributed by atoms with van der Waals surface area (Å²) in [7, 11) is 0. The number of aliphatic hydroxyl groups is 1. The van der Waals surface area contributed by atoms with E-state index in [0.717, 1.165) is 12.8 Å². The Hall–Kier alpha value is -1.26. The molecule has 0 unspecified atom stereocenters. The maximum atomic E-state index is 9.64. The molecule has 2 atom stereocenters. The fraction of sp³-hybridized carbons (Fsp3) is 0.385. The summed E-state index contributed by atoms with van der Waals surface area (Å²) in [6.45, 7) is 1.87. The molecule has 0 spiro atoms. The lowest BCUT2D eigenvalue weighted by Crippen LogP contribution is -2.16. The second-order valence-corrected chi connectivity index (χ2v) is 3.55. The molecule has 0 aliphatic carbocycles. The largest absolute Gasteiger partial charge is 0.392 e. The summed E-state index contributed by atoms with van der Waals surface area (Å²) in [4.78, 5) is 0. The van der Waals surface area contributed by atoms with Crippen molar-refractivity contribution in [1.82, 2.24) is 0 Å². The molecule has 1 N–H and O–H groups in total. The van der Waals surface area contributed by atoms with Gasteiger partial charge < -0.3 is 5.11 Å². The van der Waals surface area contributed by atoms with Gasteiger partial charge in [-0.1, -0.05) is 30.3 Å². The second kappa shape index (κ2) is 5.47. The summed E-state index contributed by atoms with van der Waals surface area (Å²) in [6.07, 6.45) is 6.46. The minimum Gasteiger partial charge on any atom is -0.392 e. The number of hydrogen-bond donors (Lipinski definition) is 1. The number of aliphatic hydroxyl groups excluding tert-OH is 1. The molecule has 0 saturated heterocycles. The molecule has 0 aromatic heterocycles. The standard InChI is InChI=1S/C13H16O/c1-3-11(2)13(14)10-9-12-7-5-4-6-8-12/h1,4-8,11,13-14H,9-10H2,2H3/t11-,13+/m0/s1. The molecule has 0 radical (unpaired) electrons. The van der Waals surface area contributed by atoms with Crippen molar-refractivity contribution in [2.75, 3.05) is 0 Å². The predicted octanol–water partition coefficient (Wildman–Crippen LogP) is 2.25. The highest BCUT2D eigenvalue weighted by Gasteiger charge is 2.10. The SMILES string of the molecule is C#C[C@H](C)[C@H](O)CCc1ccccc1. The lowest BCUT2D eigenvalue weighted by atomic mass is 9.99. The van der Waals surface area contributed by atoms with Crippen molar-refractivity contribution >= 4 is 0 Å².